The van der Waals surface area contributed by atoms with Gasteiger partial charge in [0.15, 0.2) is 0 Å². The molecule has 0 radical (unpaired) electrons. The number of aromatic hydroxyl groups is 2. The van der Waals surface area contributed by atoms with E-state index in [0.29, 0.717) is 37.4 Å². The molecule has 0 atom stereocenters. The molecule has 0 aliphatic heterocycles. The van der Waals surface area contributed by atoms with Crippen molar-refractivity contribution in [3.8, 4) is 33.8 Å². The second-order valence-corrected chi connectivity index (χ2v) is 21.4. The summed E-state index contributed by atoms with van der Waals surface area (Å²) in [5.74, 6) is 0.663. The Kier molecular flexibility index (Phi) is 17.7. The third kappa shape index (κ3) is 11.7. The quantitative estimate of drug-likeness (QED) is 0.113. The predicted molar refractivity (Wildman–Crippen MR) is 324 cm³/mol. The van der Waals surface area contributed by atoms with Gasteiger partial charge in [-0.25, -0.2) is 0 Å². The minimum atomic E-state index is -0.613. The largest absolute Gasteiger partial charge is 4.00 e. The van der Waals surface area contributed by atoms with Crippen molar-refractivity contribution < 1.29 is 36.4 Å². The van der Waals surface area contributed by atoms with Gasteiger partial charge < -0.3 is 15.1 Å². The van der Waals surface area contributed by atoms with Gasteiger partial charge in [-0.05, 0) is 96.4 Å². The third-order valence-electron chi connectivity index (χ3n) is 15.7. The maximum absolute atomic E-state index is 12.9. The van der Waals surface area contributed by atoms with E-state index >= 15 is 0 Å². The Morgan fingerprint density at radius 1 is 0.367 bits per heavy atom. The Labute approximate surface area is 488 Å². The first-order valence-electron chi connectivity index (χ1n) is 27.2. The van der Waals surface area contributed by atoms with Gasteiger partial charge in [0.2, 0.25) is 0 Å². The molecule has 0 saturated carbocycles. The number of aryl methyl sites for hydroxylation is 2. The molecule has 2 N–H and O–H groups in total. The maximum Gasteiger partial charge on any atom is 4.00 e. The van der Waals surface area contributed by atoms with Crippen molar-refractivity contribution in [2.75, 3.05) is 27.2 Å². The van der Waals surface area contributed by atoms with Crippen LogP contribution in [0.15, 0.2) is 243 Å². The summed E-state index contributed by atoms with van der Waals surface area (Å²) in [7, 11) is 4.21. The summed E-state index contributed by atoms with van der Waals surface area (Å²) in [5, 5.41) is 25.8. The molecule has 2 aliphatic rings. The van der Waals surface area contributed by atoms with Crippen LogP contribution in [0.4, 0.5) is 0 Å². The van der Waals surface area contributed by atoms with E-state index in [1.54, 1.807) is 0 Å². The van der Waals surface area contributed by atoms with Gasteiger partial charge in [-0.3, -0.25) is 4.90 Å². The van der Waals surface area contributed by atoms with E-state index in [9.17, 15) is 10.2 Å². The van der Waals surface area contributed by atoms with E-state index < -0.39 is 10.8 Å². The molecule has 10 aromatic rings. The number of phenols is 2. The molecular weight excluding hydrogens is 1040 g/mol. The number of nitrogens with zero attached hydrogens (tertiary/aromatic N) is 2. The fraction of sp³-hybridized carbons (Fsp3) is 0.162. The van der Waals surface area contributed by atoms with Crippen LogP contribution in [-0.2, 0) is 63.0 Å². The van der Waals surface area contributed by atoms with Gasteiger partial charge in [0.05, 0.1) is 10.8 Å². The molecular formula is C74H70N2O2Zr+2. The van der Waals surface area contributed by atoms with Gasteiger partial charge in [-0.1, -0.05) is 205 Å². The van der Waals surface area contributed by atoms with Crippen molar-refractivity contribution in [2.45, 2.75) is 50.6 Å². The van der Waals surface area contributed by atoms with Gasteiger partial charge in [-0.15, -0.1) is 24.3 Å². The predicted octanol–water partition coefficient (Wildman–Crippen LogP) is 16.1. The zero-order valence-corrected chi connectivity index (χ0v) is 48.5. The monoisotopic (exact) mass is 1110 g/mol. The van der Waals surface area contributed by atoms with Crippen molar-refractivity contribution in [3.05, 3.63) is 334 Å². The second kappa shape index (κ2) is 25.0. The minimum Gasteiger partial charge on any atom is -0.507 e. The summed E-state index contributed by atoms with van der Waals surface area (Å²) >= 11 is 0. The molecule has 4 nitrogen and oxygen atoms in total. The Hall–Kier alpha value is -7.66. The SMILES string of the molecule is Cc1cc(CN(CCN(C)C)Cc2cc(C)cc(C3(Cc4ccccc4)c4ccccc4-c4ccccc43)c2O)c(O)c(C2(Cc3ccccc3)c3ccccc3-c3ccccc32)c1.[CH2-]c1ccccc1.[CH2-]c1ccccc1.[Zr+4]. The van der Waals surface area contributed by atoms with Crippen LogP contribution in [0.5, 0.6) is 11.5 Å². The van der Waals surface area contributed by atoms with Crippen LogP contribution < -0.4 is 0 Å². The van der Waals surface area contributed by atoms with E-state index in [0.717, 1.165) is 57.6 Å². The van der Waals surface area contributed by atoms with Crippen molar-refractivity contribution in [3.63, 3.8) is 0 Å². The van der Waals surface area contributed by atoms with Crippen LogP contribution in [0.3, 0.4) is 0 Å². The number of rotatable bonds is 13. The van der Waals surface area contributed by atoms with Gasteiger partial charge in [0.1, 0.15) is 11.5 Å². The Balaban J connectivity index is 0.000000440. The molecule has 0 fully saturated rings. The number of phenolic OH excluding ortho intramolecular Hbond substituents is 2. The summed E-state index contributed by atoms with van der Waals surface area (Å²) in [4.78, 5) is 4.61. The fourth-order valence-corrected chi connectivity index (χ4v) is 12.2. The van der Waals surface area contributed by atoms with Crippen LogP contribution in [0.2, 0.25) is 0 Å². The number of benzene rings is 10. The molecule has 12 rings (SSSR count). The van der Waals surface area contributed by atoms with Crippen molar-refractivity contribution in [1.82, 2.24) is 9.80 Å². The molecule has 0 amide bonds. The molecule has 2 aliphatic carbocycles. The summed E-state index contributed by atoms with van der Waals surface area (Å²) in [6.45, 7) is 14.3. The summed E-state index contributed by atoms with van der Waals surface area (Å²) in [5.41, 5.74) is 18.9. The zero-order valence-electron chi connectivity index (χ0n) is 46.0. The second-order valence-electron chi connectivity index (χ2n) is 21.4. The van der Waals surface area contributed by atoms with Crippen LogP contribution >= 0.6 is 0 Å². The number of hydrogen-bond donors (Lipinski definition) is 2. The summed E-state index contributed by atoms with van der Waals surface area (Å²) < 4.78 is 0. The molecule has 0 heterocycles. The van der Waals surface area contributed by atoms with E-state index in [2.05, 4.69) is 234 Å². The molecule has 10 aromatic carbocycles. The summed E-state index contributed by atoms with van der Waals surface area (Å²) in [6, 6.07) is 84.9. The van der Waals surface area contributed by atoms with Gasteiger partial charge in [0, 0.05) is 48.4 Å². The van der Waals surface area contributed by atoms with E-state index in [-0.39, 0.29) is 26.2 Å². The average Bonchev–Trinajstić information content (AvgIpc) is 3.97. The van der Waals surface area contributed by atoms with Crippen LogP contribution in [-0.4, -0.2) is 47.2 Å². The van der Waals surface area contributed by atoms with Crippen molar-refractivity contribution in [1.29, 1.82) is 0 Å². The van der Waals surface area contributed by atoms with Crippen molar-refractivity contribution in [2.24, 2.45) is 0 Å². The van der Waals surface area contributed by atoms with E-state index in [4.69, 9.17) is 0 Å². The maximum atomic E-state index is 12.9. The topological polar surface area (TPSA) is 46.9 Å². The molecule has 0 aromatic heterocycles. The minimum absolute atomic E-state index is 0. The number of hydrogen-bond acceptors (Lipinski definition) is 4. The fourth-order valence-electron chi connectivity index (χ4n) is 12.2. The molecule has 0 bridgehead atoms. The van der Waals surface area contributed by atoms with E-state index in [1.165, 1.54) is 55.6 Å². The average molecular weight is 1110 g/mol. The first-order valence-corrected chi connectivity index (χ1v) is 27.2. The molecule has 0 spiro atoms. The molecule has 79 heavy (non-hydrogen) atoms. The summed E-state index contributed by atoms with van der Waals surface area (Å²) in [6.07, 6.45) is 1.42. The first kappa shape index (κ1) is 56.1. The van der Waals surface area contributed by atoms with Gasteiger partial charge >= 0.3 is 26.2 Å². The first-order chi connectivity index (χ1) is 38.0. The Bertz CT molecular complexity index is 3310. The molecule has 5 heteroatoms. The molecule has 390 valence electrons. The standard InChI is InChI=1S/C60H56N2O2.2C7H7.Zr/c1-41-33-45(57(63)55(35-41)59(37-43-19-7-5-8-20-43)51-27-15-11-23-47(51)48-24-12-16-28-52(48)59)39-62(32-31-61(3)4)40-46-34-42(2)36-56(58(46)64)60(38-44-21-9-6-10-22-44)53-29-17-13-25-49(53)50-26-14-18-30-54(50)60;2*1-7-5-3-2-4-6-7;/h5-30,33-36,63-64H,31-32,37-40H2,1-4H3;2*2-6H,1H2;/q;2*-1;+4. The smallest absolute Gasteiger partial charge is 0.507 e. The Morgan fingerprint density at radius 2 is 0.658 bits per heavy atom. The van der Waals surface area contributed by atoms with Crippen LogP contribution in [0.25, 0.3) is 22.3 Å². The van der Waals surface area contributed by atoms with Crippen molar-refractivity contribution >= 4 is 0 Å². The Morgan fingerprint density at radius 3 is 0.949 bits per heavy atom. The van der Waals surface area contributed by atoms with Crippen LogP contribution in [0, 0.1) is 27.7 Å². The third-order valence-corrected chi connectivity index (χ3v) is 15.7. The normalized spacial score (nSPS) is 12.9. The van der Waals surface area contributed by atoms with E-state index in [1.807, 2.05) is 60.7 Å². The molecule has 0 unspecified atom stereocenters. The zero-order chi connectivity index (χ0) is 54.2. The number of likely N-dealkylation sites (N-methyl/N-ethyl adjacent to an activating group) is 1. The molecule has 0 saturated heterocycles. The van der Waals surface area contributed by atoms with Crippen LogP contribution in [0.1, 0.15) is 77.9 Å². The van der Waals surface area contributed by atoms with Gasteiger partial charge in [0.25, 0.3) is 0 Å². The number of fused-ring (bicyclic) bond motifs is 6. The van der Waals surface area contributed by atoms with Gasteiger partial charge in [-0.2, -0.15) is 49.2 Å².